The lowest BCUT2D eigenvalue weighted by atomic mass is 10.3. The van der Waals surface area contributed by atoms with Crippen molar-refractivity contribution in [3.8, 4) is 0 Å². The monoisotopic (exact) mass is 181 g/mol. The van der Waals surface area contributed by atoms with E-state index in [0.29, 0.717) is 0 Å². The lowest BCUT2D eigenvalue weighted by molar-refractivity contribution is 1.01. The highest BCUT2D eigenvalue weighted by atomic mass is 15.6. The minimum absolute atomic E-state index is 1.09. The van der Waals surface area contributed by atoms with E-state index in [0.717, 1.165) is 11.4 Å². The van der Waals surface area contributed by atoms with E-state index in [4.69, 9.17) is 0 Å². The fraction of sp³-hybridized carbons (Fsp3) is 0.400. The van der Waals surface area contributed by atoms with Crippen molar-refractivity contribution in [3.63, 3.8) is 0 Å². The molecule has 1 heterocycles. The summed E-state index contributed by atoms with van der Waals surface area (Å²) in [6.45, 7) is 8.00. The summed E-state index contributed by atoms with van der Waals surface area (Å²) in [5, 5.41) is 0. The first-order chi connectivity index (χ1) is 6.47. The molecule has 0 amide bonds. The van der Waals surface area contributed by atoms with Crippen molar-refractivity contribution in [2.24, 2.45) is 0 Å². The predicted octanol–water partition coefficient (Wildman–Crippen LogP) is 3.00. The molecule has 0 unspecified atom stereocenters. The minimum atomic E-state index is 1.09. The molecule has 0 bridgehead atoms. The molecule has 0 aromatic heterocycles. The average Bonchev–Trinajstić information content (AvgIpc) is 2.71. The molecule has 3 heteroatoms. The first-order valence-electron chi connectivity index (χ1n) is 4.83. The van der Waals surface area contributed by atoms with E-state index < -0.39 is 0 Å². The van der Waals surface area contributed by atoms with Gasteiger partial charge in [-0.05, 0) is 12.1 Å². The Bertz CT molecular complexity index is 200. The molecule has 3 nitrogen and oxygen atoms in total. The van der Waals surface area contributed by atoms with Gasteiger partial charge in [0.15, 0.2) is 0 Å². The van der Waals surface area contributed by atoms with Crippen molar-refractivity contribution >= 4 is 11.4 Å². The zero-order valence-electron chi connectivity index (χ0n) is 8.81. The van der Waals surface area contributed by atoms with Gasteiger partial charge in [-0.15, -0.1) is 5.53 Å². The van der Waals surface area contributed by atoms with E-state index in [1.54, 1.807) is 0 Å². The second-order valence-corrected chi connectivity index (χ2v) is 1.92. The summed E-state index contributed by atoms with van der Waals surface area (Å²) >= 11 is 0. The molecule has 0 fully saturated rings. The quantitative estimate of drug-likeness (QED) is 0.576. The predicted molar refractivity (Wildman–Crippen MR) is 59.5 cm³/mol. The molecule has 0 radical (unpaired) electrons. The summed E-state index contributed by atoms with van der Waals surface area (Å²) < 4.78 is 0. The highest BCUT2D eigenvalue weighted by molar-refractivity contribution is 5.70. The standard InChI is InChI=1S/C6H7N3.2C2H6/c1-2-4-6-5(3-1)7-9-8-6;2*1-2/h1-4,7-9H;2*1-2H3. The van der Waals surface area contributed by atoms with Crippen LogP contribution in [0.25, 0.3) is 0 Å². The number of fused-ring (bicyclic) bond motifs is 1. The zero-order chi connectivity index (χ0) is 10.1. The van der Waals surface area contributed by atoms with Crippen molar-refractivity contribution < 1.29 is 0 Å². The molecule has 3 N–H and O–H groups in total. The number of hydrogen-bond acceptors (Lipinski definition) is 3. The van der Waals surface area contributed by atoms with Crippen molar-refractivity contribution in [1.82, 2.24) is 5.53 Å². The van der Waals surface area contributed by atoms with Crippen molar-refractivity contribution in [2.75, 3.05) is 10.9 Å². The van der Waals surface area contributed by atoms with Gasteiger partial charge in [0.1, 0.15) is 0 Å². The maximum absolute atomic E-state index is 2.94. The summed E-state index contributed by atoms with van der Waals surface area (Å²) in [7, 11) is 0. The Kier molecular flexibility index (Phi) is 6.73. The molecular formula is C10H19N3. The molecule has 74 valence electrons. The van der Waals surface area contributed by atoms with E-state index in [1.807, 2.05) is 52.0 Å². The third-order valence-corrected chi connectivity index (χ3v) is 1.32. The zero-order valence-corrected chi connectivity index (χ0v) is 8.81. The number of anilines is 2. The van der Waals surface area contributed by atoms with Crippen LogP contribution in [0.15, 0.2) is 24.3 Å². The van der Waals surface area contributed by atoms with Crippen LogP contribution in [0.1, 0.15) is 27.7 Å². The molecule has 1 aromatic rings. The number of benzene rings is 1. The summed E-state index contributed by atoms with van der Waals surface area (Å²) in [6.07, 6.45) is 0. The second kappa shape index (κ2) is 7.43. The number of rotatable bonds is 0. The molecular weight excluding hydrogens is 162 g/mol. The van der Waals surface area contributed by atoms with Gasteiger partial charge in [-0.3, -0.25) is 0 Å². The van der Waals surface area contributed by atoms with Gasteiger partial charge in [0.2, 0.25) is 0 Å². The van der Waals surface area contributed by atoms with Gasteiger partial charge in [0, 0.05) is 0 Å². The van der Waals surface area contributed by atoms with E-state index in [9.17, 15) is 0 Å². The number of nitrogens with one attached hydrogen (secondary N) is 3. The second-order valence-electron chi connectivity index (χ2n) is 1.92. The molecule has 0 saturated heterocycles. The summed E-state index contributed by atoms with van der Waals surface area (Å²) in [6, 6.07) is 7.98. The number of para-hydroxylation sites is 2. The van der Waals surface area contributed by atoms with Crippen LogP contribution < -0.4 is 16.4 Å². The van der Waals surface area contributed by atoms with E-state index in [-0.39, 0.29) is 0 Å². The fourth-order valence-corrected chi connectivity index (χ4v) is 0.867. The Morgan fingerprint density at radius 1 is 0.769 bits per heavy atom. The Labute approximate surface area is 80.5 Å². The Morgan fingerprint density at radius 3 is 1.54 bits per heavy atom. The lowest BCUT2D eigenvalue weighted by Crippen LogP contribution is -2.19. The topological polar surface area (TPSA) is 36.1 Å². The van der Waals surface area contributed by atoms with E-state index in [2.05, 4.69) is 16.4 Å². The molecule has 13 heavy (non-hydrogen) atoms. The first-order valence-corrected chi connectivity index (χ1v) is 4.83. The van der Waals surface area contributed by atoms with Crippen LogP contribution in [0, 0.1) is 0 Å². The normalized spacial score (nSPS) is 10.5. The van der Waals surface area contributed by atoms with Gasteiger partial charge in [0.25, 0.3) is 0 Å². The van der Waals surface area contributed by atoms with Gasteiger partial charge in [-0.25, -0.2) is 0 Å². The van der Waals surface area contributed by atoms with Crippen LogP contribution in [0.2, 0.25) is 0 Å². The lowest BCUT2D eigenvalue weighted by Gasteiger charge is -1.91. The Balaban J connectivity index is 0.000000322. The van der Waals surface area contributed by atoms with Gasteiger partial charge < -0.3 is 10.9 Å². The minimum Gasteiger partial charge on any atom is -0.302 e. The molecule has 0 spiro atoms. The number of hydrazine groups is 2. The van der Waals surface area contributed by atoms with Crippen LogP contribution in [0.4, 0.5) is 11.4 Å². The fourth-order valence-electron chi connectivity index (χ4n) is 0.867. The third-order valence-electron chi connectivity index (χ3n) is 1.32. The Hall–Kier alpha value is -1.22. The Morgan fingerprint density at radius 2 is 1.15 bits per heavy atom. The summed E-state index contributed by atoms with van der Waals surface area (Å²) in [4.78, 5) is 0. The van der Waals surface area contributed by atoms with Gasteiger partial charge in [0.05, 0.1) is 11.4 Å². The van der Waals surface area contributed by atoms with E-state index >= 15 is 0 Å². The molecule has 0 saturated carbocycles. The molecule has 2 rings (SSSR count). The summed E-state index contributed by atoms with van der Waals surface area (Å²) in [5.41, 5.74) is 10.9. The average molecular weight is 181 g/mol. The van der Waals surface area contributed by atoms with Crippen molar-refractivity contribution in [1.29, 1.82) is 0 Å². The van der Waals surface area contributed by atoms with Crippen LogP contribution >= 0.6 is 0 Å². The van der Waals surface area contributed by atoms with Crippen LogP contribution in [0.3, 0.4) is 0 Å². The SMILES string of the molecule is CC.CC.c1ccc2c(c1)NNN2. The molecule has 0 aliphatic carbocycles. The highest BCUT2D eigenvalue weighted by Gasteiger charge is 2.04. The van der Waals surface area contributed by atoms with Gasteiger partial charge in [-0.2, -0.15) is 0 Å². The van der Waals surface area contributed by atoms with Crippen LogP contribution in [-0.2, 0) is 0 Å². The van der Waals surface area contributed by atoms with Crippen molar-refractivity contribution in [3.05, 3.63) is 24.3 Å². The smallest absolute Gasteiger partial charge is 0.0750 e. The molecule has 1 aliphatic rings. The largest absolute Gasteiger partial charge is 0.302 e. The maximum Gasteiger partial charge on any atom is 0.0750 e. The third kappa shape index (κ3) is 3.34. The summed E-state index contributed by atoms with van der Waals surface area (Å²) in [5.74, 6) is 0. The van der Waals surface area contributed by atoms with Crippen molar-refractivity contribution in [2.45, 2.75) is 27.7 Å². The molecule has 1 aliphatic heterocycles. The van der Waals surface area contributed by atoms with Gasteiger partial charge in [-0.1, -0.05) is 39.8 Å². The molecule has 0 atom stereocenters. The first kappa shape index (κ1) is 11.8. The van der Waals surface area contributed by atoms with E-state index in [1.165, 1.54) is 0 Å². The number of hydrogen-bond donors (Lipinski definition) is 3. The van der Waals surface area contributed by atoms with Crippen LogP contribution in [0.5, 0.6) is 0 Å². The van der Waals surface area contributed by atoms with Crippen LogP contribution in [-0.4, -0.2) is 0 Å². The maximum atomic E-state index is 2.94. The molecule has 1 aromatic carbocycles. The van der Waals surface area contributed by atoms with Gasteiger partial charge >= 0.3 is 0 Å². The highest BCUT2D eigenvalue weighted by Crippen LogP contribution is 2.21.